The van der Waals surface area contributed by atoms with E-state index in [1.54, 1.807) is 11.6 Å². The molecule has 0 heterocycles. The second-order valence-corrected chi connectivity index (χ2v) is 18.8. The fourth-order valence-electron chi connectivity index (χ4n) is 12.9. The van der Waals surface area contributed by atoms with Crippen LogP contribution >= 0.6 is 0 Å². The number of aliphatic hydroxyl groups excluding tert-OH is 3. The smallest absolute Gasteiger partial charge is 0.159 e. The third kappa shape index (κ3) is 6.08. The number of aliphatic hydroxyl groups is 4. The lowest BCUT2D eigenvalue weighted by Crippen LogP contribution is -2.61. The summed E-state index contributed by atoms with van der Waals surface area (Å²) < 4.78 is 0. The van der Waals surface area contributed by atoms with Gasteiger partial charge in [-0.3, -0.25) is 4.79 Å². The van der Waals surface area contributed by atoms with E-state index in [-0.39, 0.29) is 29.5 Å². The minimum absolute atomic E-state index is 0.0432. The number of allylic oxidation sites excluding steroid dienone is 2. The molecule has 10 atom stereocenters. The van der Waals surface area contributed by atoms with E-state index in [9.17, 15) is 25.2 Å². The average molecular weight is 653 g/mol. The molecule has 5 saturated carbocycles. The Morgan fingerprint density at radius 1 is 0.936 bits per heavy atom. The van der Waals surface area contributed by atoms with Gasteiger partial charge in [0.1, 0.15) is 0 Å². The Morgan fingerprint density at radius 3 is 2.32 bits per heavy atom. The van der Waals surface area contributed by atoms with E-state index in [0.717, 1.165) is 50.5 Å². The molecule has 0 aromatic carbocycles. The van der Waals surface area contributed by atoms with Crippen LogP contribution in [0, 0.1) is 51.8 Å². The van der Waals surface area contributed by atoms with Gasteiger partial charge in [-0.1, -0.05) is 78.4 Å². The highest BCUT2D eigenvalue weighted by Crippen LogP contribution is 2.69. The van der Waals surface area contributed by atoms with Gasteiger partial charge in [0.25, 0.3) is 0 Å². The average Bonchev–Trinajstić information content (AvgIpc) is 3.57. The Labute approximate surface area is 286 Å². The van der Waals surface area contributed by atoms with Crippen LogP contribution in [0.15, 0.2) is 22.8 Å². The molecule has 4 N–H and O–H groups in total. The number of hydrogen-bond donors (Lipinski definition) is 4. The number of ketones is 1. The van der Waals surface area contributed by atoms with Crippen molar-refractivity contribution in [2.24, 2.45) is 51.8 Å². The lowest BCUT2D eigenvalue weighted by Gasteiger charge is -2.61. The van der Waals surface area contributed by atoms with Crippen molar-refractivity contribution < 1.29 is 25.2 Å². The standard InChI is InChI=1S/C42H68O5/c1-26(2)11-9-18-41-25-38(46)37(45)23-34(41)36(44)22-33-32(41)13-19-39(6)31(14-20-42(33,39)47)28(5)35(43)21-30(27(3)4)29-12-10-17-40(24-29)15-7-8-16-40/h22,26-28,31-32,34-35,37-38,43,45-47H,7-21,23-25H2,1-6H3/b30-29+/t28-,31+,32-,34-,35+,37+,38-,39+,41+,42+/m0/s1. The Morgan fingerprint density at radius 2 is 1.64 bits per heavy atom. The van der Waals surface area contributed by atoms with E-state index in [1.165, 1.54) is 56.9 Å². The SMILES string of the molecule is CC(C)CCC[C@]12C[C@H](O)[C@H](O)C[C@H]1C(=O)C=C1[C@@H]2CC[C@]2(C)[C@@H]([C@H](C)[C@H](O)C/C(=C3/CCCC4(CCCC4)C3)C(C)C)CC[C@@]12O. The Bertz CT molecular complexity index is 1230. The minimum atomic E-state index is -1.08. The first-order valence-corrected chi connectivity index (χ1v) is 19.9. The molecule has 6 aliphatic carbocycles. The Balaban J connectivity index is 1.26. The van der Waals surface area contributed by atoms with E-state index in [0.29, 0.717) is 36.5 Å². The number of hydrogen-bond acceptors (Lipinski definition) is 5. The van der Waals surface area contributed by atoms with Crippen molar-refractivity contribution in [2.45, 2.75) is 181 Å². The van der Waals surface area contributed by atoms with Gasteiger partial charge in [-0.25, -0.2) is 0 Å². The van der Waals surface area contributed by atoms with E-state index in [2.05, 4.69) is 41.5 Å². The maximum atomic E-state index is 14.0. The summed E-state index contributed by atoms with van der Waals surface area (Å²) in [6.07, 6.45) is 17.9. The van der Waals surface area contributed by atoms with Crippen LogP contribution in [0.25, 0.3) is 0 Å². The van der Waals surface area contributed by atoms with Gasteiger partial charge in [0.15, 0.2) is 5.78 Å². The van der Waals surface area contributed by atoms with Crippen molar-refractivity contribution in [3.05, 3.63) is 22.8 Å². The second-order valence-electron chi connectivity index (χ2n) is 18.8. The monoisotopic (exact) mass is 653 g/mol. The molecular formula is C42H68O5. The first kappa shape index (κ1) is 35.8. The lowest BCUT2D eigenvalue weighted by molar-refractivity contribution is -0.160. The van der Waals surface area contributed by atoms with Crippen LogP contribution < -0.4 is 0 Å². The molecule has 0 aliphatic heterocycles. The highest BCUT2D eigenvalue weighted by atomic mass is 16.3. The van der Waals surface area contributed by atoms with E-state index >= 15 is 0 Å². The fourth-order valence-corrected chi connectivity index (χ4v) is 12.9. The summed E-state index contributed by atoms with van der Waals surface area (Å²) in [7, 11) is 0. The zero-order valence-electron chi connectivity index (χ0n) is 30.7. The van der Waals surface area contributed by atoms with Gasteiger partial charge in [0.05, 0.1) is 23.9 Å². The summed E-state index contributed by atoms with van der Waals surface area (Å²) in [6.45, 7) is 13.6. The van der Waals surface area contributed by atoms with E-state index < -0.39 is 34.7 Å². The van der Waals surface area contributed by atoms with Gasteiger partial charge in [-0.05, 0) is 142 Å². The van der Waals surface area contributed by atoms with Gasteiger partial charge >= 0.3 is 0 Å². The van der Waals surface area contributed by atoms with Gasteiger partial charge < -0.3 is 20.4 Å². The molecule has 266 valence electrons. The topological polar surface area (TPSA) is 98.0 Å². The van der Waals surface area contributed by atoms with Crippen molar-refractivity contribution in [1.82, 2.24) is 0 Å². The molecule has 0 saturated heterocycles. The van der Waals surface area contributed by atoms with Crippen LogP contribution in [0.4, 0.5) is 0 Å². The predicted molar refractivity (Wildman–Crippen MR) is 188 cm³/mol. The van der Waals surface area contributed by atoms with Crippen LogP contribution in [-0.2, 0) is 4.79 Å². The molecule has 0 radical (unpaired) electrons. The minimum Gasteiger partial charge on any atom is -0.393 e. The zero-order valence-corrected chi connectivity index (χ0v) is 30.7. The maximum absolute atomic E-state index is 14.0. The lowest BCUT2D eigenvalue weighted by atomic mass is 9.44. The van der Waals surface area contributed by atoms with Crippen molar-refractivity contribution in [1.29, 1.82) is 0 Å². The Hall–Kier alpha value is -1.01. The number of fused-ring (bicyclic) bond motifs is 5. The molecule has 6 rings (SSSR count). The van der Waals surface area contributed by atoms with E-state index in [4.69, 9.17) is 0 Å². The molecule has 5 nitrogen and oxygen atoms in total. The number of carbonyl (C=O) groups excluding carboxylic acids is 1. The van der Waals surface area contributed by atoms with Crippen molar-refractivity contribution in [3.63, 3.8) is 0 Å². The zero-order chi connectivity index (χ0) is 33.9. The van der Waals surface area contributed by atoms with Crippen molar-refractivity contribution in [3.8, 4) is 0 Å². The molecule has 1 spiro atoms. The fraction of sp³-hybridized carbons (Fsp3) is 0.881. The molecule has 0 aromatic rings. The Kier molecular flexibility index (Phi) is 10.1. The summed E-state index contributed by atoms with van der Waals surface area (Å²) >= 11 is 0. The first-order valence-electron chi connectivity index (χ1n) is 19.9. The molecule has 0 aromatic heterocycles. The molecule has 5 fully saturated rings. The summed E-state index contributed by atoms with van der Waals surface area (Å²) in [5, 5.41) is 46.6. The largest absolute Gasteiger partial charge is 0.393 e. The highest BCUT2D eigenvalue weighted by Gasteiger charge is 2.68. The van der Waals surface area contributed by atoms with Gasteiger partial charge in [-0.2, -0.15) is 0 Å². The maximum Gasteiger partial charge on any atom is 0.159 e. The van der Waals surface area contributed by atoms with Gasteiger partial charge in [0.2, 0.25) is 0 Å². The summed E-state index contributed by atoms with van der Waals surface area (Å²) in [4.78, 5) is 14.0. The molecule has 5 heteroatoms. The third-order valence-electron chi connectivity index (χ3n) is 15.6. The molecule has 6 aliphatic rings. The van der Waals surface area contributed by atoms with Crippen LogP contribution in [-0.4, -0.2) is 50.1 Å². The summed E-state index contributed by atoms with van der Waals surface area (Å²) in [5.74, 6) is 0.997. The second kappa shape index (κ2) is 13.3. The quantitative estimate of drug-likeness (QED) is 0.187. The van der Waals surface area contributed by atoms with E-state index in [1.807, 2.05) is 0 Å². The van der Waals surface area contributed by atoms with Crippen LogP contribution in [0.5, 0.6) is 0 Å². The molecule has 0 unspecified atom stereocenters. The summed E-state index contributed by atoms with van der Waals surface area (Å²) in [5.41, 5.74) is 2.64. The van der Waals surface area contributed by atoms with Crippen LogP contribution in [0.1, 0.15) is 157 Å². The third-order valence-corrected chi connectivity index (χ3v) is 15.6. The molecule has 0 bridgehead atoms. The molecule has 47 heavy (non-hydrogen) atoms. The number of rotatable bonds is 9. The summed E-state index contributed by atoms with van der Waals surface area (Å²) in [6, 6.07) is 0. The molecule has 0 amide bonds. The van der Waals surface area contributed by atoms with Crippen LogP contribution in [0.3, 0.4) is 0 Å². The van der Waals surface area contributed by atoms with Crippen molar-refractivity contribution in [2.75, 3.05) is 0 Å². The number of carbonyl (C=O) groups is 1. The highest BCUT2D eigenvalue weighted by molar-refractivity contribution is 5.95. The van der Waals surface area contributed by atoms with Crippen molar-refractivity contribution >= 4 is 5.78 Å². The van der Waals surface area contributed by atoms with Gasteiger partial charge in [-0.15, -0.1) is 0 Å². The van der Waals surface area contributed by atoms with Gasteiger partial charge in [0, 0.05) is 11.3 Å². The molecular weight excluding hydrogens is 584 g/mol. The first-order chi connectivity index (χ1) is 22.2. The normalized spacial score (nSPS) is 42.3. The van der Waals surface area contributed by atoms with Crippen LogP contribution in [0.2, 0.25) is 0 Å². The predicted octanol–water partition coefficient (Wildman–Crippen LogP) is 8.47.